The zero-order chi connectivity index (χ0) is 22.2. The van der Waals surface area contributed by atoms with Crippen molar-refractivity contribution in [1.82, 2.24) is 19.0 Å². The summed E-state index contributed by atoms with van der Waals surface area (Å²) in [5, 5.41) is 11.2. The maximum absolute atomic E-state index is 13.4. The highest BCUT2D eigenvalue weighted by molar-refractivity contribution is 5.89. The molecule has 0 bridgehead atoms. The van der Waals surface area contributed by atoms with Crippen LogP contribution in [0.25, 0.3) is 21.8 Å². The van der Waals surface area contributed by atoms with Gasteiger partial charge >= 0.3 is 0 Å². The Morgan fingerprint density at radius 2 is 1.88 bits per heavy atom. The normalized spacial score (nSPS) is 16.3. The average molecular weight is 431 g/mol. The third-order valence-corrected chi connectivity index (χ3v) is 6.41. The van der Waals surface area contributed by atoms with Gasteiger partial charge in [0.05, 0.1) is 36.5 Å². The van der Waals surface area contributed by atoms with Crippen molar-refractivity contribution in [3.05, 3.63) is 76.5 Å². The monoisotopic (exact) mass is 430 g/mol. The predicted molar refractivity (Wildman–Crippen MR) is 123 cm³/mol. The summed E-state index contributed by atoms with van der Waals surface area (Å²) >= 11 is 0. The zero-order valence-corrected chi connectivity index (χ0v) is 18.1. The third kappa shape index (κ3) is 3.39. The van der Waals surface area contributed by atoms with Crippen molar-refractivity contribution in [3.63, 3.8) is 0 Å². The molecule has 1 amide bonds. The summed E-state index contributed by atoms with van der Waals surface area (Å²) in [6.07, 6.45) is 3.92. The number of amides is 1. The molecular formula is C25H26N4O3. The zero-order valence-electron chi connectivity index (χ0n) is 18.1. The number of aliphatic hydroxyl groups excluding tert-OH is 1. The molecule has 1 N–H and O–H groups in total. The number of para-hydroxylation sites is 2. The number of aryl methyl sites for hydroxylation is 1. The molecule has 1 aliphatic heterocycles. The number of fused-ring (bicyclic) bond motifs is 2. The van der Waals surface area contributed by atoms with E-state index in [0.29, 0.717) is 29.7 Å². The molecule has 1 atom stereocenters. The van der Waals surface area contributed by atoms with Crippen LogP contribution in [0.4, 0.5) is 0 Å². The number of aliphatic hydroxyl groups is 1. The standard InChI is InChI=1S/C25H26N4O3/c1-27-16-17(18-7-3-5-10-21(18)27)15-23(31)28-12-6-11-22(28)24-26-20-9-4-2-8-19(20)25(32)29(24)13-14-30/h2-5,7-10,16,22,30H,6,11-15H2,1H3. The Morgan fingerprint density at radius 1 is 1.12 bits per heavy atom. The molecule has 32 heavy (non-hydrogen) atoms. The largest absolute Gasteiger partial charge is 0.395 e. The predicted octanol–water partition coefficient (Wildman–Crippen LogP) is 2.79. The first kappa shape index (κ1) is 20.5. The number of benzene rings is 2. The van der Waals surface area contributed by atoms with E-state index in [1.807, 2.05) is 59.1 Å². The van der Waals surface area contributed by atoms with Crippen LogP contribution >= 0.6 is 0 Å². The summed E-state index contributed by atoms with van der Waals surface area (Å²) in [7, 11) is 1.99. The number of aromatic nitrogens is 3. The van der Waals surface area contributed by atoms with E-state index in [9.17, 15) is 14.7 Å². The molecule has 0 radical (unpaired) electrons. The van der Waals surface area contributed by atoms with E-state index in [1.54, 1.807) is 6.07 Å². The van der Waals surface area contributed by atoms with Crippen LogP contribution in [0.2, 0.25) is 0 Å². The second-order valence-electron chi connectivity index (χ2n) is 8.37. The van der Waals surface area contributed by atoms with Gasteiger partial charge in [-0.3, -0.25) is 14.2 Å². The molecule has 2 aromatic heterocycles. The van der Waals surface area contributed by atoms with Crippen LogP contribution < -0.4 is 5.56 Å². The topological polar surface area (TPSA) is 80.4 Å². The van der Waals surface area contributed by atoms with Crippen LogP contribution in [0, 0.1) is 0 Å². The van der Waals surface area contributed by atoms with Crippen LogP contribution in [0.1, 0.15) is 30.3 Å². The third-order valence-electron chi connectivity index (χ3n) is 6.41. The highest BCUT2D eigenvalue weighted by Gasteiger charge is 2.33. The number of hydrogen-bond donors (Lipinski definition) is 1. The number of carbonyl (C=O) groups is 1. The maximum atomic E-state index is 13.4. The smallest absolute Gasteiger partial charge is 0.261 e. The van der Waals surface area contributed by atoms with Gasteiger partial charge in [0.25, 0.3) is 5.56 Å². The van der Waals surface area contributed by atoms with Gasteiger partial charge in [0.2, 0.25) is 5.91 Å². The second-order valence-corrected chi connectivity index (χ2v) is 8.37. The van der Waals surface area contributed by atoms with Gasteiger partial charge in [-0.15, -0.1) is 0 Å². The molecule has 0 saturated carbocycles. The van der Waals surface area contributed by atoms with Gasteiger partial charge in [-0.1, -0.05) is 30.3 Å². The fourth-order valence-corrected chi connectivity index (χ4v) is 4.92. The number of rotatable bonds is 5. The van der Waals surface area contributed by atoms with Gasteiger partial charge < -0.3 is 14.6 Å². The fourth-order valence-electron chi connectivity index (χ4n) is 4.92. The summed E-state index contributed by atoms with van der Waals surface area (Å²) in [6.45, 7) is 0.632. The molecule has 4 aromatic rings. The van der Waals surface area contributed by atoms with E-state index in [1.165, 1.54) is 4.57 Å². The molecule has 5 rings (SSSR count). The summed E-state index contributed by atoms with van der Waals surface area (Å²) in [5.41, 5.74) is 2.54. The Labute approximate surface area is 185 Å². The Morgan fingerprint density at radius 3 is 2.69 bits per heavy atom. The Kier molecular flexibility index (Phi) is 5.27. The van der Waals surface area contributed by atoms with E-state index >= 15 is 0 Å². The summed E-state index contributed by atoms with van der Waals surface area (Å²) in [5.74, 6) is 0.591. The van der Waals surface area contributed by atoms with Crippen LogP contribution in [0.5, 0.6) is 0 Å². The second kappa shape index (κ2) is 8.24. The van der Waals surface area contributed by atoms with Crippen molar-refractivity contribution in [2.24, 2.45) is 7.05 Å². The van der Waals surface area contributed by atoms with Gasteiger partial charge in [-0.05, 0) is 36.6 Å². The van der Waals surface area contributed by atoms with Gasteiger partial charge in [-0.2, -0.15) is 0 Å². The summed E-state index contributed by atoms with van der Waals surface area (Å²) in [6, 6.07) is 15.0. The quantitative estimate of drug-likeness (QED) is 0.528. The lowest BCUT2D eigenvalue weighted by Gasteiger charge is -2.26. The Hall–Kier alpha value is -3.45. The van der Waals surface area contributed by atoms with E-state index in [2.05, 4.69) is 6.07 Å². The lowest BCUT2D eigenvalue weighted by atomic mass is 10.1. The van der Waals surface area contributed by atoms with Crippen LogP contribution in [0.15, 0.2) is 59.5 Å². The van der Waals surface area contributed by atoms with Crippen molar-refractivity contribution in [2.75, 3.05) is 13.2 Å². The minimum absolute atomic E-state index is 0.0295. The molecule has 3 heterocycles. The van der Waals surface area contributed by atoms with E-state index in [0.717, 1.165) is 29.3 Å². The van der Waals surface area contributed by atoms with E-state index < -0.39 is 0 Å². The molecule has 0 spiro atoms. The average Bonchev–Trinajstić information content (AvgIpc) is 3.41. The molecule has 164 valence electrons. The van der Waals surface area contributed by atoms with Crippen LogP contribution in [-0.2, 0) is 24.8 Å². The van der Waals surface area contributed by atoms with Crippen LogP contribution in [0.3, 0.4) is 0 Å². The van der Waals surface area contributed by atoms with E-state index in [-0.39, 0.29) is 30.7 Å². The number of carbonyl (C=O) groups excluding carboxylic acids is 1. The Bertz CT molecular complexity index is 1370. The van der Waals surface area contributed by atoms with Gasteiger partial charge in [-0.25, -0.2) is 4.98 Å². The molecule has 7 heteroatoms. The maximum Gasteiger partial charge on any atom is 0.261 e. The summed E-state index contributed by atoms with van der Waals surface area (Å²) < 4.78 is 3.58. The van der Waals surface area contributed by atoms with E-state index in [4.69, 9.17) is 4.98 Å². The lowest BCUT2D eigenvalue weighted by Crippen LogP contribution is -2.36. The van der Waals surface area contributed by atoms with Crippen molar-refractivity contribution in [3.8, 4) is 0 Å². The molecule has 2 aromatic carbocycles. The first-order chi connectivity index (χ1) is 15.6. The first-order valence-corrected chi connectivity index (χ1v) is 11.0. The number of likely N-dealkylation sites (tertiary alicyclic amines) is 1. The fraction of sp³-hybridized carbons (Fsp3) is 0.320. The van der Waals surface area contributed by atoms with Crippen molar-refractivity contribution < 1.29 is 9.90 Å². The molecule has 1 aliphatic rings. The summed E-state index contributed by atoms with van der Waals surface area (Å²) in [4.78, 5) is 33.2. The van der Waals surface area contributed by atoms with Gasteiger partial charge in [0, 0.05) is 30.7 Å². The minimum Gasteiger partial charge on any atom is -0.395 e. The Balaban J connectivity index is 1.52. The minimum atomic E-state index is -0.277. The number of hydrogen-bond acceptors (Lipinski definition) is 4. The molecular weight excluding hydrogens is 404 g/mol. The SMILES string of the molecule is Cn1cc(CC(=O)N2CCCC2c2nc3ccccc3c(=O)n2CCO)c2ccccc21. The molecule has 1 unspecified atom stereocenters. The highest BCUT2D eigenvalue weighted by Crippen LogP contribution is 2.32. The first-order valence-electron chi connectivity index (χ1n) is 11.0. The molecule has 1 fully saturated rings. The van der Waals surface area contributed by atoms with Crippen molar-refractivity contribution in [1.29, 1.82) is 0 Å². The van der Waals surface area contributed by atoms with Crippen LogP contribution in [-0.4, -0.2) is 43.2 Å². The molecule has 0 aliphatic carbocycles. The highest BCUT2D eigenvalue weighted by atomic mass is 16.3. The molecule has 1 saturated heterocycles. The number of nitrogens with zero attached hydrogens (tertiary/aromatic N) is 4. The van der Waals surface area contributed by atoms with Crippen molar-refractivity contribution in [2.45, 2.75) is 31.8 Å². The van der Waals surface area contributed by atoms with Gasteiger partial charge in [0.1, 0.15) is 5.82 Å². The molecule has 7 nitrogen and oxygen atoms in total. The van der Waals surface area contributed by atoms with Crippen molar-refractivity contribution >= 4 is 27.7 Å². The lowest BCUT2D eigenvalue weighted by molar-refractivity contribution is -0.131. The van der Waals surface area contributed by atoms with Gasteiger partial charge in [0.15, 0.2) is 0 Å².